The molecule has 0 spiro atoms. The van der Waals surface area contributed by atoms with Crippen molar-refractivity contribution in [3.05, 3.63) is 77.9 Å². The molecule has 0 aliphatic carbocycles. The lowest BCUT2D eigenvalue weighted by atomic mass is 10.1. The molecule has 3 rings (SSSR count). The van der Waals surface area contributed by atoms with Gasteiger partial charge in [0.2, 0.25) is 5.91 Å². The first-order valence-corrected chi connectivity index (χ1v) is 8.11. The van der Waals surface area contributed by atoms with Gasteiger partial charge in [-0.05, 0) is 24.1 Å². The zero-order valence-electron chi connectivity index (χ0n) is 13.9. The highest BCUT2D eigenvalue weighted by Gasteiger charge is 2.11. The maximum Gasteiger partial charge on any atom is 0.229 e. The summed E-state index contributed by atoms with van der Waals surface area (Å²) in [5.74, 6) is -0.0582. The third-order valence-electron chi connectivity index (χ3n) is 3.78. The number of carbonyl (C=O) groups is 1. The number of aromatic nitrogens is 2. The molecule has 0 saturated carbocycles. The van der Waals surface area contributed by atoms with Gasteiger partial charge < -0.3 is 5.32 Å². The highest BCUT2D eigenvalue weighted by molar-refractivity contribution is 5.91. The first-order valence-electron chi connectivity index (χ1n) is 8.11. The van der Waals surface area contributed by atoms with E-state index in [9.17, 15) is 9.18 Å². The lowest BCUT2D eigenvalue weighted by Gasteiger charge is -2.10. The number of carbonyl (C=O) groups excluding carboxylic acids is 1. The minimum Gasteiger partial charge on any atom is -0.309 e. The number of aryl methyl sites for hydroxylation is 1. The van der Waals surface area contributed by atoms with E-state index < -0.39 is 0 Å². The van der Waals surface area contributed by atoms with Crippen LogP contribution in [0, 0.1) is 5.82 Å². The van der Waals surface area contributed by atoms with Crippen molar-refractivity contribution in [1.29, 1.82) is 0 Å². The van der Waals surface area contributed by atoms with Crippen molar-refractivity contribution in [2.75, 3.05) is 5.32 Å². The second-order valence-corrected chi connectivity index (χ2v) is 5.62. The summed E-state index contributed by atoms with van der Waals surface area (Å²) in [4.78, 5) is 21.2. The number of halogens is 1. The van der Waals surface area contributed by atoms with E-state index in [0.717, 1.165) is 22.5 Å². The third-order valence-corrected chi connectivity index (χ3v) is 3.78. The topological polar surface area (TPSA) is 54.9 Å². The molecule has 1 amide bonds. The van der Waals surface area contributed by atoms with Crippen molar-refractivity contribution in [3.8, 4) is 11.3 Å². The van der Waals surface area contributed by atoms with Gasteiger partial charge in [0.05, 0.1) is 24.0 Å². The van der Waals surface area contributed by atoms with Crippen LogP contribution in [0.25, 0.3) is 11.3 Å². The fourth-order valence-electron chi connectivity index (χ4n) is 2.49. The standard InChI is InChI=1S/C20H18FN3O/c1-2-17-20(22-13-18(23-17)15-6-4-3-5-7-15)24-19(25)12-14-8-10-16(21)11-9-14/h3-11,13H,2,12H2,1H3,(H,22,24,25). The molecule has 2 aromatic carbocycles. The summed E-state index contributed by atoms with van der Waals surface area (Å²) in [6.07, 6.45) is 2.47. The van der Waals surface area contributed by atoms with Crippen LogP contribution < -0.4 is 5.32 Å². The molecule has 1 aromatic heterocycles. The van der Waals surface area contributed by atoms with E-state index >= 15 is 0 Å². The lowest BCUT2D eigenvalue weighted by Crippen LogP contribution is -2.17. The number of hydrogen-bond donors (Lipinski definition) is 1. The van der Waals surface area contributed by atoms with Gasteiger partial charge in [-0.1, -0.05) is 49.4 Å². The molecular weight excluding hydrogens is 317 g/mol. The minimum absolute atomic E-state index is 0.158. The van der Waals surface area contributed by atoms with E-state index in [1.807, 2.05) is 37.3 Å². The predicted molar refractivity (Wildman–Crippen MR) is 95.6 cm³/mol. The molecule has 0 bridgehead atoms. The van der Waals surface area contributed by atoms with Gasteiger partial charge in [0, 0.05) is 5.56 Å². The number of nitrogens with one attached hydrogen (secondary N) is 1. The molecule has 0 aliphatic rings. The van der Waals surface area contributed by atoms with Gasteiger partial charge in [0.15, 0.2) is 5.82 Å². The van der Waals surface area contributed by atoms with E-state index in [1.54, 1.807) is 18.3 Å². The average molecular weight is 335 g/mol. The molecule has 4 nitrogen and oxygen atoms in total. The zero-order valence-corrected chi connectivity index (χ0v) is 13.9. The van der Waals surface area contributed by atoms with E-state index in [2.05, 4.69) is 15.3 Å². The van der Waals surface area contributed by atoms with Crippen LogP contribution in [0.3, 0.4) is 0 Å². The van der Waals surface area contributed by atoms with Crippen LogP contribution in [0.4, 0.5) is 10.2 Å². The first-order chi connectivity index (χ1) is 12.2. The van der Waals surface area contributed by atoms with Crippen LogP contribution in [-0.2, 0) is 17.6 Å². The smallest absolute Gasteiger partial charge is 0.229 e. The van der Waals surface area contributed by atoms with Crippen LogP contribution in [0.2, 0.25) is 0 Å². The molecule has 25 heavy (non-hydrogen) atoms. The Hall–Kier alpha value is -3.08. The number of amides is 1. The maximum absolute atomic E-state index is 12.9. The zero-order chi connectivity index (χ0) is 17.6. The van der Waals surface area contributed by atoms with Gasteiger partial charge >= 0.3 is 0 Å². The van der Waals surface area contributed by atoms with Crippen molar-refractivity contribution >= 4 is 11.7 Å². The third kappa shape index (κ3) is 4.26. The second-order valence-electron chi connectivity index (χ2n) is 5.62. The number of nitrogens with zero attached hydrogens (tertiary/aromatic N) is 2. The molecule has 0 atom stereocenters. The molecule has 0 aliphatic heterocycles. The number of rotatable bonds is 5. The second kappa shape index (κ2) is 7.66. The van der Waals surface area contributed by atoms with E-state index in [1.165, 1.54) is 12.1 Å². The Balaban J connectivity index is 1.75. The maximum atomic E-state index is 12.9. The van der Waals surface area contributed by atoms with Crippen LogP contribution in [0.1, 0.15) is 18.2 Å². The van der Waals surface area contributed by atoms with Gasteiger partial charge in [-0.25, -0.2) is 14.4 Å². The van der Waals surface area contributed by atoms with Crippen molar-refractivity contribution in [2.45, 2.75) is 19.8 Å². The van der Waals surface area contributed by atoms with Gasteiger partial charge in [-0.3, -0.25) is 4.79 Å². The normalized spacial score (nSPS) is 10.5. The Kier molecular flexibility index (Phi) is 5.14. The SMILES string of the molecule is CCc1nc(-c2ccccc2)cnc1NC(=O)Cc1ccc(F)cc1. The molecule has 0 saturated heterocycles. The molecule has 5 heteroatoms. The van der Waals surface area contributed by atoms with Gasteiger partial charge in [-0.2, -0.15) is 0 Å². The molecule has 0 unspecified atom stereocenters. The Bertz CT molecular complexity index is 864. The summed E-state index contributed by atoms with van der Waals surface area (Å²) >= 11 is 0. The molecule has 3 aromatic rings. The first kappa shape index (κ1) is 16.8. The van der Waals surface area contributed by atoms with E-state index in [-0.39, 0.29) is 18.1 Å². The summed E-state index contributed by atoms with van der Waals surface area (Å²) in [7, 11) is 0. The van der Waals surface area contributed by atoms with Crippen molar-refractivity contribution < 1.29 is 9.18 Å². The average Bonchev–Trinajstić information content (AvgIpc) is 2.64. The molecule has 1 N–H and O–H groups in total. The summed E-state index contributed by atoms with van der Waals surface area (Å²) in [5.41, 5.74) is 3.22. The highest BCUT2D eigenvalue weighted by atomic mass is 19.1. The van der Waals surface area contributed by atoms with Crippen molar-refractivity contribution in [2.24, 2.45) is 0 Å². The van der Waals surface area contributed by atoms with Crippen LogP contribution in [0.5, 0.6) is 0 Å². The fraction of sp³-hybridized carbons (Fsp3) is 0.150. The van der Waals surface area contributed by atoms with Crippen molar-refractivity contribution in [1.82, 2.24) is 9.97 Å². The quantitative estimate of drug-likeness (QED) is 0.766. The molecule has 0 fully saturated rings. The number of hydrogen-bond acceptors (Lipinski definition) is 3. The molecule has 126 valence electrons. The monoisotopic (exact) mass is 335 g/mol. The van der Waals surface area contributed by atoms with Crippen LogP contribution >= 0.6 is 0 Å². The van der Waals surface area contributed by atoms with E-state index in [4.69, 9.17) is 0 Å². The van der Waals surface area contributed by atoms with E-state index in [0.29, 0.717) is 12.2 Å². The largest absolute Gasteiger partial charge is 0.309 e. The minimum atomic E-state index is -0.320. The Morgan fingerprint density at radius 1 is 1.08 bits per heavy atom. The Morgan fingerprint density at radius 2 is 1.80 bits per heavy atom. The Labute approximate surface area is 145 Å². The molecule has 0 radical (unpaired) electrons. The highest BCUT2D eigenvalue weighted by Crippen LogP contribution is 2.20. The summed E-state index contributed by atoms with van der Waals surface area (Å²) in [6.45, 7) is 1.97. The summed E-state index contributed by atoms with van der Waals surface area (Å²) < 4.78 is 12.9. The molecule has 1 heterocycles. The lowest BCUT2D eigenvalue weighted by molar-refractivity contribution is -0.115. The van der Waals surface area contributed by atoms with Crippen molar-refractivity contribution in [3.63, 3.8) is 0 Å². The number of benzene rings is 2. The fourth-order valence-corrected chi connectivity index (χ4v) is 2.49. The summed E-state index contributed by atoms with van der Waals surface area (Å²) in [5, 5.41) is 2.80. The van der Waals surface area contributed by atoms with Gasteiger partial charge in [0.25, 0.3) is 0 Å². The van der Waals surface area contributed by atoms with Gasteiger partial charge in [-0.15, -0.1) is 0 Å². The number of anilines is 1. The predicted octanol–water partition coefficient (Wildman–Crippen LogP) is 4.03. The van der Waals surface area contributed by atoms with Crippen LogP contribution in [-0.4, -0.2) is 15.9 Å². The van der Waals surface area contributed by atoms with Crippen LogP contribution in [0.15, 0.2) is 60.8 Å². The van der Waals surface area contributed by atoms with Gasteiger partial charge in [0.1, 0.15) is 5.82 Å². The molecular formula is C20H18FN3O. The Morgan fingerprint density at radius 3 is 2.48 bits per heavy atom. The summed E-state index contributed by atoms with van der Waals surface area (Å²) in [6, 6.07) is 15.7.